The molecule has 170 valence electrons. The molecule has 0 saturated carbocycles. The zero-order chi connectivity index (χ0) is 23.3. The van der Waals surface area contributed by atoms with Crippen LogP contribution in [0.4, 0.5) is 5.69 Å². The van der Waals surface area contributed by atoms with Gasteiger partial charge < -0.3 is 9.88 Å². The highest BCUT2D eigenvalue weighted by atomic mass is 35.5. The Hall–Kier alpha value is -3.83. The van der Waals surface area contributed by atoms with E-state index in [9.17, 15) is 4.79 Å². The van der Waals surface area contributed by atoms with Gasteiger partial charge in [-0.25, -0.2) is 0 Å². The fourth-order valence-electron chi connectivity index (χ4n) is 4.26. The van der Waals surface area contributed by atoms with Crippen molar-refractivity contribution in [1.82, 2.24) is 14.3 Å². The van der Waals surface area contributed by atoms with Crippen molar-refractivity contribution in [2.45, 2.75) is 25.9 Å². The zero-order valence-electron chi connectivity index (χ0n) is 18.7. The smallest absolute Gasteiger partial charge is 0.256 e. The molecule has 5 rings (SSSR count). The number of carbonyl (C=O) groups excluding carboxylic acids is 1. The number of nitrogens with zero attached hydrogens (tertiary/aromatic N) is 3. The van der Waals surface area contributed by atoms with Gasteiger partial charge in [-0.2, -0.15) is 5.10 Å². The highest BCUT2D eigenvalue weighted by Crippen LogP contribution is 2.26. The van der Waals surface area contributed by atoms with Crippen molar-refractivity contribution < 1.29 is 4.79 Å². The first-order valence-electron chi connectivity index (χ1n) is 11.4. The molecule has 2 heterocycles. The summed E-state index contributed by atoms with van der Waals surface area (Å²) in [6.45, 7) is 1.78. The van der Waals surface area contributed by atoms with Gasteiger partial charge in [-0.15, -0.1) is 0 Å². The minimum absolute atomic E-state index is 0.161. The number of carbonyl (C=O) groups is 1. The van der Waals surface area contributed by atoms with E-state index in [1.54, 1.807) is 6.20 Å². The van der Waals surface area contributed by atoms with Crippen LogP contribution >= 0.6 is 11.6 Å². The molecule has 0 aliphatic heterocycles. The maximum Gasteiger partial charge on any atom is 0.256 e. The topological polar surface area (TPSA) is 51.9 Å². The van der Waals surface area contributed by atoms with Crippen LogP contribution < -0.4 is 5.32 Å². The van der Waals surface area contributed by atoms with E-state index in [4.69, 9.17) is 11.6 Å². The molecule has 0 spiro atoms. The number of rotatable bonds is 8. The summed E-state index contributed by atoms with van der Waals surface area (Å²) in [6, 6.07) is 25.6. The number of hydrogen-bond acceptors (Lipinski definition) is 2. The molecule has 5 nitrogen and oxygen atoms in total. The molecule has 0 aliphatic rings. The summed E-state index contributed by atoms with van der Waals surface area (Å²) in [5.41, 5.74) is 4.44. The first-order chi connectivity index (χ1) is 16.7. The predicted molar refractivity (Wildman–Crippen MR) is 137 cm³/mol. The summed E-state index contributed by atoms with van der Waals surface area (Å²) in [4.78, 5) is 13.2. The van der Waals surface area contributed by atoms with Gasteiger partial charge >= 0.3 is 0 Å². The lowest BCUT2D eigenvalue weighted by Gasteiger charge is -2.13. The van der Waals surface area contributed by atoms with Crippen LogP contribution in [0.3, 0.4) is 0 Å². The van der Waals surface area contributed by atoms with Crippen molar-refractivity contribution in [2.75, 3.05) is 5.32 Å². The van der Waals surface area contributed by atoms with Gasteiger partial charge in [0.15, 0.2) is 0 Å². The highest BCUT2D eigenvalue weighted by Gasteiger charge is 2.15. The third-order valence-electron chi connectivity index (χ3n) is 5.96. The fourth-order valence-corrected chi connectivity index (χ4v) is 4.50. The van der Waals surface area contributed by atoms with Crippen molar-refractivity contribution in [1.29, 1.82) is 0 Å². The minimum Gasteiger partial charge on any atom is -0.347 e. The lowest BCUT2D eigenvalue weighted by Crippen LogP contribution is -2.14. The Morgan fingerprint density at radius 1 is 0.912 bits per heavy atom. The second-order valence-corrected chi connectivity index (χ2v) is 8.70. The number of benzene rings is 3. The van der Waals surface area contributed by atoms with Crippen LogP contribution in [-0.2, 0) is 19.5 Å². The minimum atomic E-state index is -0.161. The van der Waals surface area contributed by atoms with Crippen LogP contribution in [0, 0.1) is 0 Å². The first kappa shape index (κ1) is 22.0. The number of aryl methyl sites for hydroxylation is 2. The van der Waals surface area contributed by atoms with Crippen molar-refractivity contribution >= 4 is 34.1 Å². The quantitative estimate of drug-likeness (QED) is 0.285. The monoisotopic (exact) mass is 468 g/mol. The maximum atomic E-state index is 13.2. The number of hydrogen-bond donors (Lipinski definition) is 1. The Balaban J connectivity index is 1.31. The van der Waals surface area contributed by atoms with E-state index in [0.29, 0.717) is 17.0 Å². The summed E-state index contributed by atoms with van der Waals surface area (Å²) in [7, 11) is 0. The van der Waals surface area contributed by atoms with Gasteiger partial charge in [0.2, 0.25) is 0 Å². The molecule has 0 aliphatic carbocycles. The van der Waals surface area contributed by atoms with Crippen LogP contribution in [0.1, 0.15) is 27.9 Å². The molecule has 34 heavy (non-hydrogen) atoms. The van der Waals surface area contributed by atoms with Crippen LogP contribution in [-0.4, -0.2) is 20.3 Å². The standard InChI is InChI=1S/C28H25ClN4O/c29-26-10-4-9-24(25(26)19-21-7-2-1-3-8-21)28(34)31-23-11-12-27-22(20-23)13-18-32(27)15-6-17-33-16-5-14-30-33/h1-5,7-14,16,18,20H,6,15,17,19H2,(H,31,34). The summed E-state index contributed by atoms with van der Waals surface area (Å²) in [5, 5.41) is 9.00. The van der Waals surface area contributed by atoms with Crippen LogP contribution in [0.5, 0.6) is 0 Å². The molecule has 5 aromatic rings. The van der Waals surface area contributed by atoms with Crippen LogP contribution in [0.15, 0.2) is 97.5 Å². The predicted octanol–water partition coefficient (Wildman–Crippen LogP) is 6.42. The maximum absolute atomic E-state index is 13.2. The molecular weight excluding hydrogens is 444 g/mol. The Kier molecular flexibility index (Phi) is 6.45. The van der Waals surface area contributed by atoms with Crippen molar-refractivity contribution in [3.8, 4) is 0 Å². The number of amides is 1. The van der Waals surface area contributed by atoms with Gasteiger partial charge in [-0.3, -0.25) is 9.48 Å². The third-order valence-corrected chi connectivity index (χ3v) is 6.32. The largest absolute Gasteiger partial charge is 0.347 e. The average Bonchev–Trinajstić information content (AvgIpc) is 3.51. The van der Waals surface area contributed by atoms with E-state index in [2.05, 4.69) is 33.3 Å². The molecule has 0 radical (unpaired) electrons. The van der Waals surface area contributed by atoms with Crippen LogP contribution in [0.25, 0.3) is 10.9 Å². The SMILES string of the molecule is O=C(Nc1ccc2c(ccn2CCCn2cccn2)c1)c1cccc(Cl)c1Cc1ccccc1. The van der Waals surface area contributed by atoms with Crippen molar-refractivity contribution in [3.05, 3.63) is 119 Å². The fraction of sp³-hybridized carbons (Fsp3) is 0.143. The summed E-state index contributed by atoms with van der Waals surface area (Å²) in [6.07, 6.45) is 7.46. The van der Waals surface area contributed by atoms with Crippen LogP contribution in [0.2, 0.25) is 5.02 Å². The van der Waals surface area contributed by atoms with E-state index < -0.39 is 0 Å². The highest BCUT2D eigenvalue weighted by molar-refractivity contribution is 6.32. The van der Waals surface area contributed by atoms with E-state index in [-0.39, 0.29) is 5.91 Å². The molecular formula is C28H25ClN4O. The Labute approximate surface area is 203 Å². The second kappa shape index (κ2) is 9.98. The molecule has 6 heteroatoms. The molecule has 0 bridgehead atoms. The van der Waals surface area contributed by atoms with E-state index >= 15 is 0 Å². The van der Waals surface area contributed by atoms with Gasteiger partial charge in [0, 0.05) is 58.9 Å². The number of nitrogens with one attached hydrogen (secondary N) is 1. The molecule has 0 unspecified atom stereocenters. The lowest BCUT2D eigenvalue weighted by atomic mass is 9.99. The summed E-state index contributed by atoms with van der Waals surface area (Å²) in [5.74, 6) is -0.161. The van der Waals surface area contributed by atoms with Gasteiger partial charge in [0.1, 0.15) is 0 Å². The molecule has 2 aromatic heterocycles. The molecule has 0 fully saturated rings. The van der Waals surface area contributed by atoms with Crippen molar-refractivity contribution in [3.63, 3.8) is 0 Å². The number of anilines is 1. The first-order valence-corrected chi connectivity index (χ1v) is 11.7. The average molecular weight is 469 g/mol. The number of aromatic nitrogens is 3. The molecule has 3 aromatic carbocycles. The number of fused-ring (bicyclic) bond motifs is 1. The Bertz CT molecular complexity index is 1410. The third kappa shape index (κ3) is 4.90. The van der Waals surface area contributed by atoms with E-state index in [1.807, 2.05) is 77.6 Å². The molecule has 1 N–H and O–H groups in total. The number of halogens is 1. The van der Waals surface area contributed by atoms with Gasteiger partial charge in [-0.05, 0) is 66.4 Å². The Morgan fingerprint density at radius 2 is 1.79 bits per heavy atom. The molecule has 1 amide bonds. The van der Waals surface area contributed by atoms with Gasteiger partial charge in [0.25, 0.3) is 5.91 Å². The van der Waals surface area contributed by atoms with E-state index in [1.165, 1.54) is 0 Å². The molecule has 0 saturated heterocycles. The normalized spacial score (nSPS) is 11.1. The lowest BCUT2D eigenvalue weighted by molar-refractivity contribution is 0.102. The second-order valence-electron chi connectivity index (χ2n) is 8.29. The van der Waals surface area contributed by atoms with Crippen molar-refractivity contribution in [2.24, 2.45) is 0 Å². The zero-order valence-corrected chi connectivity index (χ0v) is 19.4. The Morgan fingerprint density at radius 3 is 2.62 bits per heavy atom. The van der Waals surface area contributed by atoms with Gasteiger partial charge in [-0.1, -0.05) is 48.0 Å². The summed E-state index contributed by atoms with van der Waals surface area (Å²) >= 11 is 6.49. The summed E-state index contributed by atoms with van der Waals surface area (Å²) < 4.78 is 4.18. The van der Waals surface area contributed by atoms with E-state index in [0.717, 1.165) is 47.2 Å². The molecule has 0 atom stereocenters. The van der Waals surface area contributed by atoms with Gasteiger partial charge in [0.05, 0.1) is 0 Å².